The van der Waals surface area contributed by atoms with E-state index >= 15 is 0 Å². The van der Waals surface area contributed by atoms with Gasteiger partial charge in [0.1, 0.15) is 0 Å². The third-order valence-corrected chi connectivity index (χ3v) is 19.1. The molecule has 4 nitrogen and oxygen atoms in total. The van der Waals surface area contributed by atoms with Crippen molar-refractivity contribution in [2.75, 3.05) is 47.8 Å². The molecule has 0 amide bonds. The SMILES string of the molecule is Cc1ccc2c(c1)N(C)c1c3c(c4c5c1N(C)c1cc([Si](C)(C)C)ccc1B5c1ccc([Si](C)(C)C)cc1N4C)N(C)c1cc([Si](C)(C)C)ccc1B23. The van der Waals surface area contributed by atoms with E-state index in [2.05, 4.69) is 186 Å². The molecule has 5 aromatic rings. The molecule has 0 saturated heterocycles. The van der Waals surface area contributed by atoms with Gasteiger partial charge in [0.15, 0.2) is 0 Å². The zero-order chi connectivity index (χ0) is 37.8. The van der Waals surface area contributed by atoms with Crippen LogP contribution in [0.5, 0.6) is 0 Å². The van der Waals surface area contributed by atoms with Crippen LogP contribution < -0.4 is 67.9 Å². The molecule has 4 heterocycles. The van der Waals surface area contributed by atoms with E-state index in [4.69, 9.17) is 0 Å². The Bertz CT molecular complexity index is 2410. The first-order chi connectivity index (χ1) is 24.8. The molecule has 0 atom stereocenters. The fourth-order valence-corrected chi connectivity index (χ4v) is 13.4. The molecule has 5 aromatic carbocycles. The third kappa shape index (κ3) is 4.78. The van der Waals surface area contributed by atoms with Gasteiger partial charge < -0.3 is 19.6 Å². The minimum Gasteiger partial charge on any atom is -0.344 e. The van der Waals surface area contributed by atoms with Crippen molar-refractivity contribution in [1.29, 1.82) is 0 Å². The summed E-state index contributed by atoms with van der Waals surface area (Å²) in [6.07, 6.45) is 0. The summed E-state index contributed by atoms with van der Waals surface area (Å²) < 4.78 is 0. The van der Waals surface area contributed by atoms with Gasteiger partial charge in [-0.2, -0.15) is 0 Å². The highest BCUT2D eigenvalue weighted by Gasteiger charge is 2.51. The predicted molar refractivity (Wildman–Crippen MR) is 247 cm³/mol. The molecule has 4 aliphatic rings. The van der Waals surface area contributed by atoms with E-state index in [0.717, 1.165) is 0 Å². The molecular formula is C44H54B2N4Si3. The number of fused-ring (bicyclic) bond motifs is 10. The van der Waals surface area contributed by atoms with Gasteiger partial charge >= 0.3 is 0 Å². The molecule has 0 saturated carbocycles. The largest absolute Gasteiger partial charge is 0.344 e. The average Bonchev–Trinajstić information content (AvgIpc) is 3.09. The van der Waals surface area contributed by atoms with Crippen LogP contribution in [0.2, 0.25) is 58.9 Å². The van der Waals surface area contributed by atoms with Crippen LogP contribution in [-0.4, -0.2) is 65.8 Å². The van der Waals surface area contributed by atoms with Crippen LogP contribution in [0.4, 0.5) is 45.5 Å². The van der Waals surface area contributed by atoms with Crippen molar-refractivity contribution in [2.45, 2.75) is 65.8 Å². The minimum absolute atomic E-state index is 0.138. The summed E-state index contributed by atoms with van der Waals surface area (Å²) in [6, 6.07) is 29.7. The van der Waals surface area contributed by atoms with Crippen molar-refractivity contribution in [3.63, 3.8) is 0 Å². The van der Waals surface area contributed by atoms with E-state index < -0.39 is 24.2 Å². The fraction of sp³-hybridized carbons (Fsp3) is 0.318. The summed E-state index contributed by atoms with van der Waals surface area (Å²) in [4.78, 5) is 10.3. The van der Waals surface area contributed by atoms with Gasteiger partial charge in [-0.3, -0.25) is 0 Å². The molecule has 0 bridgehead atoms. The maximum absolute atomic E-state index is 2.59. The molecule has 0 fully saturated rings. The van der Waals surface area contributed by atoms with Gasteiger partial charge in [0.25, 0.3) is 13.4 Å². The van der Waals surface area contributed by atoms with Gasteiger partial charge in [0.05, 0.1) is 47.0 Å². The number of aryl methyl sites for hydroxylation is 1. The van der Waals surface area contributed by atoms with Crippen molar-refractivity contribution < 1.29 is 0 Å². The van der Waals surface area contributed by atoms with Crippen molar-refractivity contribution in [3.8, 4) is 0 Å². The van der Waals surface area contributed by atoms with E-state index in [1.54, 1.807) is 0 Å². The maximum atomic E-state index is 2.59. The van der Waals surface area contributed by atoms with Crippen LogP contribution in [0.1, 0.15) is 5.56 Å². The Morgan fingerprint density at radius 2 is 0.642 bits per heavy atom. The zero-order valence-electron chi connectivity index (χ0n) is 34.4. The Morgan fingerprint density at radius 3 is 0.925 bits per heavy atom. The molecule has 0 radical (unpaired) electrons. The lowest BCUT2D eigenvalue weighted by atomic mass is 9.30. The number of rotatable bonds is 3. The van der Waals surface area contributed by atoms with E-state index in [1.807, 2.05) is 0 Å². The second-order valence-corrected chi connectivity index (χ2v) is 34.7. The standard InChI is InChI=1S/C44H54B2N4Si3/c1-27-15-19-31-35(23-27)47(2)41-39-43(49(4)36-24-28(51(6,7)8)16-20-32(36)45(31)39)44-40-42(41)48(3)37-25-29(52(9,10)11)17-21-33(37)46(40)34-22-18-30(53(12,13)14)26-38(34)50(44)5/h15-26H,1-14H3. The Hall–Kier alpha value is -3.92. The Kier molecular flexibility index (Phi) is 7.28. The summed E-state index contributed by atoms with van der Waals surface area (Å²) >= 11 is 0. The number of hydrogen-bond acceptors (Lipinski definition) is 4. The lowest BCUT2D eigenvalue weighted by Gasteiger charge is -2.51. The first-order valence-corrected chi connectivity index (χ1v) is 30.0. The first kappa shape index (κ1) is 34.8. The van der Waals surface area contributed by atoms with Crippen molar-refractivity contribution >= 4 is 131 Å². The van der Waals surface area contributed by atoms with Gasteiger partial charge in [-0.25, -0.2) is 0 Å². The van der Waals surface area contributed by atoms with E-state index in [0.29, 0.717) is 0 Å². The van der Waals surface area contributed by atoms with Crippen molar-refractivity contribution in [1.82, 2.24) is 0 Å². The zero-order valence-corrected chi connectivity index (χ0v) is 37.4. The van der Waals surface area contributed by atoms with Crippen LogP contribution in [0.15, 0.2) is 72.8 Å². The highest BCUT2D eigenvalue weighted by molar-refractivity contribution is 7.04. The molecule has 0 spiro atoms. The number of benzene rings is 5. The molecule has 9 heteroatoms. The molecule has 0 N–H and O–H groups in total. The molecule has 53 heavy (non-hydrogen) atoms. The van der Waals surface area contributed by atoms with Gasteiger partial charge in [-0.15, -0.1) is 0 Å². The Morgan fingerprint density at radius 1 is 0.377 bits per heavy atom. The molecule has 0 aliphatic carbocycles. The van der Waals surface area contributed by atoms with Gasteiger partial charge in [-0.05, 0) is 69.5 Å². The van der Waals surface area contributed by atoms with Crippen LogP contribution in [-0.2, 0) is 0 Å². The number of hydrogen-bond donors (Lipinski definition) is 0. The second-order valence-electron chi connectivity index (χ2n) is 19.5. The summed E-state index contributed by atoms with van der Waals surface area (Å²) in [5.41, 5.74) is 20.8. The van der Waals surface area contributed by atoms with Crippen LogP contribution >= 0.6 is 0 Å². The fourth-order valence-electron chi connectivity index (χ4n) is 9.90. The molecule has 9 rings (SSSR count). The molecule has 4 aliphatic heterocycles. The highest BCUT2D eigenvalue weighted by Crippen LogP contribution is 2.49. The summed E-state index contributed by atoms with van der Waals surface area (Å²) in [5.74, 6) is 0. The topological polar surface area (TPSA) is 13.0 Å². The van der Waals surface area contributed by atoms with Gasteiger partial charge in [0.2, 0.25) is 0 Å². The Labute approximate surface area is 322 Å². The van der Waals surface area contributed by atoms with Crippen LogP contribution in [0.3, 0.4) is 0 Å². The van der Waals surface area contributed by atoms with Gasteiger partial charge in [-0.1, -0.05) is 123 Å². The highest BCUT2D eigenvalue weighted by atomic mass is 28.3. The minimum atomic E-state index is -1.58. The maximum Gasteiger partial charge on any atom is 0.252 e. The number of nitrogens with zero attached hydrogens (tertiary/aromatic N) is 4. The molecule has 268 valence electrons. The van der Waals surface area contributed by atoms with Crippen LogP contribution in [0.25, 0.3) is 0 Å². The average molecular weight is 745 g/mol. The monoisotopic (exact) mass is 744 g/mol. The molecule has 0 unspecified atom stereocenters. The number of anilines is 8. The lowest BCUT2D eigenvalue weighted by molar-refractivity contribution is 1.12. The van der Waals surface area contributed by atoms with Crippen molar-refractivity contribution in [3.05, 3.63) is 78.4 Å². The summed E-state index contributed by atoms with van der Waals surface area (Å²) in [6.45, 7) is 24.8. The normalized spacial score (nSPS) is 15.5. The predicted octanol–water partition coefficient (Wildman–Crippen LogP) is 4.99. The summed E-state index contributed by atoms with van der Waals surface area (Å²) in [7, 11) is 4.64. The first-order valence-electron chi connectivity index (χ1n) is 19.5. The van der Waals surface area contributed by atoms with Gasteiger partial charge in [0, 0.05) is 50.9 Å². The lowest BCUT2D eigenvalue weighted by Crippen LogP contribution is -2.67. The van der Waals surface area contributed by atoms with E-state index in [1.165, 1.54) is 99.4 Å². The second kappa shape index (κ2) is 11.1. The smallest absolute Gasteiger partial charge is 0.252 e. The quantitative estimate of drug-likeness (QED) is 0.242. The third-order valence-electron chi connectivity index (χ3n) is 13.0. The Balaban J connectivity index is 1.45. The van der Waals surface area contributed by atoms with E-state index in [9.17, 15) is 0 Å². The van der Waals surface area contributed by atoms with Crippen LogP contribution in [0, 0.1) is 6.92 Å². The molecule has 0 aromatic heterocycles. The van der Waals surface area contributed by atoms with E-state index in [-0.39, 0.29) is 13.4 Å². The summed E-state index contributed by atoms with van der Waals surface area (Å²) in [5, 5.41) is 4.54. The molecular weight excluding hydrogens is 690 g/mol. The van der Waals surface area contributed by atoms with Crippen molar-refractivity contribution in [2.24, 2.45) is 0 Å².